The topological polar surface area (TPSA) is 55.6 Å². The molecule has 2 aliphatic rings. The van der Waals surface area contributed by atoms with Gasteiger partial charge in [0.15, 0.2) is 0 Å². The molecule has 2 aliphatic heterocycles. The summed E-state index contributed by atoms with van der Waals surface area (Å²) < 4.78 is 5.72. The van der Waals surface area contributed by atoms with E-state index in [1.807, 2.05) is 16.7 Å². The lowest BCUT2D eigenvalue weighted by molar-refractivity contribution is -0.137. The normalized spacial score (nSPS) is 29.4. The van der Waals surface area contributed by atoms with Crippen LogP contribution in [0.4, 0.5) is 0 Å². The van der Waals surface area contributed by atoms with Crippen molar-refractivity contribution in [1.82, 2.24) is 4.90 Å². The van der Waals surface area contributed by atoms with Gasteiger partial charge in [-0.3, -0.25) is 4.79 Å². The number of nitrogens with two attached hydrogens (primary N) is 1. The quantitative estimate of drug-likeness (QED) is 0.813. The smallest absolute Gasteiger partial charge is 0.240 e. The monoisotopic (exact) mass is 300 g/mol. The Kier molecular flexibility index (Phi) is 6.18. The number of hydrogen-bond acceptors (Lipinski definition) is 4. The highest BCUT2D eigenvalue weighted by Crippen LogP contribution is 2.25. The standard InChI is InChI=1S/C15H28N2O2S/c1-3-11(2)14(16)15(18)17(12-6-8-20-10-12)9-13-5-4-7-19-13/h11-14H,3-10,16H2,1-2H3/t11-,12?,13?,14-/m0/s1. The maximum absolute atomic E-state index is 12.8. The van der Waals surface area contributed by atoms with E-state index in [1.165, 1.54) is 0 Å². The Morgan fingerprint density at radius 2 is 2.30 bits per heavy atom. The molecule has 0 aromatic rings. The molecule has 0 spiro atoms. The molecule has 2 heterocycles. The predicted molar refractivity (Wildman–Crippen MR) is 83.8 cm³/mol. The summed E-state index contributed by atoms with van der Waals surface area (Å²) in [6.45, 7) is 5.72. The molecule has 0 radical (unpaired) electrons. The number of ether oxygens (including phenoxy) is 1. The fraction of sp³-hybridized carbons (Fsp3) is 0.933. The Morgan fingerprint density at radius 3 is 2.85 bits per heavy atom. The van der Waals surface area contributed by atoms with Crippen LogP contribution < -0.4 is 5.73 Å². The molecule has 2 N–H and O–H groups in total. The minimum atomic E-state index is -0.369. The van der Waals surface area contributed by atoms with Gasteiger partial charge in [0.2, 0.25) is 5.91 Å². The first kappa shape index (κ1) is 16.1. The van der Waals surface area contributed by atoms with Crippen molar-refractivity contribution < 1.29 is 9.53 Å². The molecule has 2 rings (SSSR count). The summed E-state index contributed by atoms with van der Waals surface area (Å²) >= 11 is 1.94. The van der Waals surface area contributed by atoms with Gasteiger partial charge in [0, 0.05) is 24.9 Å². The molecule has 2 unspecified atom stereocenters. The second kappa shape index (κ2) is 7.66. The van der Waals surface area contributed by atoms with Crippen LogP contribution in [0.3, 0.4) is 0 Å². The Hall–Kier alpha value is -0.260. The fourth-order valence-electron chi connectivity index (χ4n) is 2.88. The summed E-state index contributed by atoms with van der Waals surface area (Å²) in [5, 5.41) is 0. The number of carbonyl (C=O) groups is 1. The first-order valence-corrected chi connectivity index (χ1v) is 9.04. The Labute approximate surface area is 126 Å². The minimum absolute atomic E-state index is 0.127. The molecule has 0 aliphatic carbocycles. The fourth-order valence-corrected chi connectivity index (χ4v) is 4.11. The van der Waals surface area contributed by atoms with Gasteiger partial charge in [-0.15, -0.1) is 0 Å². The summed E-state index contributed by atoms with van der Waals surface area (Å²) in [7, 11) is 0. The van der Waals surface area contributed by atoms with Gasteiger partial charge in [0.05, 0.1) is 12.1 Å². The van der Waals surface area contributed by atoms with Crippen molar-refractivity contribution in [2.75, 3.05) is 24.7 Å². The molecule has 0 aromatic carbocycles. The second-order valence-electron chi connectivity index (χ2n) is 6.05. The van der Waals surface area contributed by atoms with Gasteiger partial charge in [-0.1, -0.05) is 20.3 Å². The van der Waals surface area contributed by atoms with Crippen LogP contribution in [0.15, 0.2) is 0 Å². The molecule has 2 saturated heterocycles. The summed E-state index contributed by atoms with van der Waals surface area (Å²) in [6.07, 6.45) is 4.44. The van der Waals surface area contributed by atoms with Crippen LogP contribution in [0.2, 0.25) is 0 Å². The lowest BCUT2D eigenvalue weighted by Gasteiger charge is -2.34. The van der Waals surface area contributed by atoms with Crippen molar-refractivity contribution in [1.29, 1.82) is 0 Å². The van der Waals surface area contributed by atoms with Crippen molar-refractivity contribution >= 4 is 17.7 Å². The van der Waals surface area contributed by atoms with Crippen molar-refractivity contribution in [2.24, 2.45) is 11.7 Å². The molecule has 0 saturated carbocycles. The summed E-state index contributed by atoms with van der Waals surface area (Å²) in [5.74, 6) is 2.57. The molecule has 1 amide bonds. The third kappa shape index (κ3) is 3.89. The molecular formula is C15H28N2O2S. The zero-order valence-corrected chi connectivity index (χ0v) is 13.5. The SMILES string of the molecule is CC[C@H](C)[C@H](N)C(=O)N(CC1CCCO1)C1CCSC1. The molecule has 2 fully saturated rings. The lowest BCUT2D eigenvalue weighted by Crippen LogP contribution is -2.53. The van der Waals surface area contributed by atoms with E-state index in [2.05, 4.69) is 13.8 Å². The van der Waals surface area contributed by atoms with E-state index in [0.717, 1.165) is 50.3 Å². The number of rotatable bonds is 6. The minimum Gasteiger partial charge on any atom is -0.376 e. The molecule has 20 heavy (non-hydrogen) atoms. The number of carbonyl (C=O) groups excluding carboxylic acids is 1. The molecule has 4 nitrogen and oxygen atoms in total. The molecule has 0 aromatic heterocycles. The van der Waals surface area contributed by atoms with Crippen LogP contribution in [0.25, 0.3) is 0 Å². The van der Waals surface area contributed by atoms with Crippen LogP contribution in [-0.4, -0.2) is 53.7 Å². The zero-order chi connectivity index (χ0) is 14.5. The lowest BCUT2D eigenvalue weighted by atomic mass is 9.97. The molecule has 0 bridgehead atoms. The Morgan fingerprint density at radius 1 is 1.50 bits per heavy atom. The van der Waals surface area contributed by atoms with Gasteiger partial charge < -0.3 is 15.4 Å². The van der Waals surface area contributed by atoms with Crippen molar-refractivity contribution in [3.8, 4) is 0 Å². The van der Waals surface area contributed by atoms with Crippen molar-refractivity contribution in [2.45, 2.75) is 57.7 Å². The van der Waals surface area contributed by atoms with Gasteiger partial charge >= 0.3 is 0 Å². The molecular weight excluding hydrogens is 272 g/mol. The largest absolute Gasteiger partial charge is 0.376 e. The van der Waals surface area contributed by atoms with Gasteiger partial charge in [-0.2, -0.15) is 11.8 Å². The summed E-state index contributed by atoms with van der Waals surface area (Å²) in [6, 6.07) is -0.0150. The summed E-state index contributed by atoms with van der Waals surface area (Å²) in [5.41, 5.74) is 6.18. The number of nitrogens with zero attached hydrogens (tertiary/aromatic N) is 1. The average molecular weight is 300 g/mol. The highest BCUT2D eigenvalue weighted by Gasteiger charge is 2.34. The third-order valence-electron chi connectivity index (χ3n) is 4.60. The van der Waals surface area contributed by atoms with E-state index in [0.29, 0.717) is 6.04 Å². The Balaban J connectivity index is 2.02. The van der Waals surface area contributed by atoms with Crippen LogP contribution >= 0.6 is 11.8 Å². The zero-order valence-electron chi connectivity index (χ0n) is 12.7. The van der Waals surface area contributed by atoms with E-state index in [-0.39, 0.29) is 24.0 Å². The average Bonchev–Trinajstić information content (AvgIpc) is 3.14. The van der Waals surface area contributed by atoms with Crippen LogP contribution in [-0.2, 0) is 9.53 Å². The molecule has 5 heteroatoms. The first-order valence-electron chi connectivity index (χ1n) is 7.88. The predicted octanol–water partition coefficient (Wildman–Crippen LogP) is 1.87. The molecule has 4 atom stereocenters. The van der Waals surface area contributed by atoms with Gasteiger partial charge in [-0.05, 0) is 30.9 Å². The van der Waals surface area contributed by atoms with Gasteiger partial charge in [0.1, 0.15) is 0 Å². The van der Waals surface area contributed by atoms with E-state index in [9.17, 15) is 4.79 Å². The van der Waals surface area contributed by atoms with E-state index in [4.69, 9.17) is 10.5 Å². The highest BCUT2D eigenvalue weighted by atomic mass is 32.2. The third-order valence-corrected chi connectivity index (χ3v) is 5.74. The number of amides is 1. The van der Waals surface area contributed by atoms with Crippen LogP contribution in [0.1, 0.15) is 39.5 Å². The second-order valence-corrected chi connectivity index (χ2v) is 7.20. The first-order chi connectivity index (χ1) is 9.63. The van der Waals surface area contributed by atoms with Crippen LogP contribution in [0.5, 0.6) is 0 Å². The van der Waals surface area contributed by atoms with Crippen LogP contribution in [0, 0.1) is 5.92 Å². The van der Waals surface area contributed by atoms with E-state index < -0.39 is 0 Å². The maximum Gasteiger partial charge on any atom is 0.240 e. The van der Waals surface area contributed by atoms with E-state index in [1.54, 1.807) is 0 Å². The number of hydrogen-bond donors (Lipinski definition) is 1. The maximum atomic E-state index is 12.8. The summed E-state index contributed by atoms with van der Waals surface area (Å²) in [4.78, 5) is 14.8. The van der Waals surface area contributed by atoms with Gasteiger partial charge in [0.25, 0.3) is 0 Å². The highest BCUT2D eigenvalue weighted by molar-refractivity contribution is 7.99. The number of thioether (sulfide) groups is 1. The van der Waals surface area contributed by atoms with Gasteiger partial charge in [-0.25, -0.2) is 0 Å². The Bertz CT molecular complexity index is 315. The van der Waals surface area contributed by atoms with E-state index >= 15 is 0 Å². The van der Waals surface area contributed by atoms with Crippen molar-refractivity contribution in [3.63, 3.8) is 0 Å². The van der Waals surface area contributed by atoms with Crippen molar-refractivity contribution in [3.05, 3.63) is 0 Å². The molecule has 116 valence electrons.